The quantitative estimate of drug-likeness (QED) is 0.636. The first kappa shape index (κ1) is 20.1. The third kappa shape index (κ3) is 3.16. The average molecular weight is 423 g/mol. The highest BCUT2D eigenvalue weighted by molar-refractivity contribution is 7.93. The second-order valence-corrected chi connectivity index (χ2v) is 9.27. The molecule has 0 spiro atoms. The molecule has 1 atom stereocenters. The minimum atomic E-state index is -4.13. The Hall–Kier alpha value is -3.16. The molecular formula is C23H22N2O4S. The zero-order chi connectivity index (χ0) is 21.5. The first-order valence-corrected chi connectivity index (χ1v) is 11.1. The van der Waals surface area contributed by atoms with E-state index in [1.807, 2.05) is 30.3 Å². The summed E-state index contributed by atoms with van der Waals surface area (Å²) in [5.41, 5.74) is 1.72. The topological polar surface area (TPSA) is 77.9 Å². The SMILES string of the molecule is CC(C)[C@H]1C(=O)N(O)c2ccccc2N1S(=O)(=O)c1ccccc1-c1ccccc1. The van der Waals surface area contributed by atoms with E-state index < -0.39 is 22.0 Å². The van der Waals surface area contributed by atoms with E-state index in [4.69, 9.17) is 0 Å². The van der Waals surface area contributed by atoms with Gasteiger partial charge in [-0.25, -0.2) is 8.42 Å². The van der Waals surface area contributed by atoms with Gasteiger partial charge in [-0.3, -0.25) is 14.3 Å². The molecule has 154 valence electrons. The lowest BCUT2D eigenvalue weighted by Gasteiger charge is -2.41. The number of hydrogen-bond donors (Lipinski definition) is 1. The summed E-state index contributed by atoms with van der Waals surface area (Å²) in [7, 11) is -4.13. The number of hydrogen-bond acceptors (Lipinski definition) is 4. The predicted molar refractivity (Wildman–Crippen MR) is 116 cm³/mol. The van der Waals surface area contributed by atoms with E-state index in [1.54, 1.807) is 56.3 Å². The van der Waals surface area contributed by atoms with E-state index in [0.717, 1.165) is 9.87 Å². The van der Waals surface area contributed by atoms with Crippen molar-refractivity contribution in [2.45, 2.75) is 24.8 Å². The van der Waals surface area contributed by atoms with Gasteiger partial charge in [-0.15, -0.1) is 0 Å². The van der Waals surface area contributed by atoms with E-state index in [9.17, 15) is 18.4 Å². The lowest BCUT2D eigenvalue weighted by atomic mass is 10.00. The summed E-state index contributed by atoms with van der Waals surface area (Å²) in [4.78, 5) is 13.0. The van der Waals surface area contributed by atoms with Crippen LogP contribution in [0.25, 0.3) is 11.1 Å². The van der Waals surface area contributed by atoms with Gasteiger partial charge in [0.25, 0.3) is 15.9 Å². The fourth-order valence-corrected chi connectivity index (χ4v) is 5.78. The molecule has 0 fully saturated rings. The van der Waals surface area contributed by atoms with E-state index in [2.05, 4.69) is 0 Å². The summed E-state index contributed by atoms with van der Waals surface area (Å²) in [6, 6.07) is 21.4. The van der Waals surface area contributed by atoms with Crippen molar-refractivity contribution in [1.82, 2.24) is 0 Å². The number of para-hydroxylation sites is 2. The molecule has 0 saturated carbocycles. The maximum Gasteiger partial charge on any atom is 0.274 e. The minimum Gasteiger partial charge on any atom is -0.281 e. The standard InChI is InChI=1S/C23H22N2O4S/c1-16(2)22-23(26)24(27)19-13-7-8-14-20(19)25(22)30(28,29)21-15-9-6-12-18(21)17-10-4-3-5-11-17/h3-16,22,27H,1-2H3/t22-/m0/s1. The molecule has 0 aromatic heterocycles. The molecule has 0 aliphatic carbocycles. The molecule has 7 heteroatoms. The highest BCUT2D eigenvalue weighted by Gasteiger charge is 2.46. The van der Waals surface area contributed by atoms with Gasteiger partial charge in [0.1, 0.15) is 6.04 Å². The van der Waals surface area contributed by atoms with Gasteiger partial charge in [-0.05, 0) is 29.7 Å². The number of amides is 1. The lowest BCUT2D eigenvalue weighted by Crippen LogP contribution is -2.56. The van der Waals surface area contributed by atoms with Gasteiger partial charge >= 0.3 is 0 Å². The number of benzene rings is 3. The number of rotatable bonds is 4. The molecule has 1 aliphatic rings. The van der Waals surface area contributed by atoms with Gasteiger partial charge in [-0.2, -0.15) is 5.06 Å². The van der Waals surface area contributed by atoms with E-state index >= 15 is 0 Å². The Bertz CT molecular complexity index is 1190. The number of hydroxylamine groups is 1. The van der Waals surface area contributed by atoms with Crippen LogP contribution in [-0.2, 0) is 14.8 Å². The second kappa shape index (κ2) is 7.59. The Morgan fingerprint density at radius 3 is 2.07 bits per heavy atom. The van der Waals surface area contributed by atoms with Crippen LogP contribution < -0.4 is 9.37 Å². The lowest BCUT2D eigenvalue weighted by molar-refractivity contribution is -0.126. The smallest absolute Gasteiger partial charge is 0.274 e. The first-order chi connectivity index (χ1) is 14.3. The molecule has 0 radical (unpaired) electrons. The van der Waals surface area contributed by atoms with Gasteiger partial charge in [0.05, 0.1) is 16.3 Å². The maximum absolute atomic E-state index is 14.0. The molecule has 6 nitrogen and oxygen atoms in total. The predicted octanol–water partition coefficient (Wildman–Crippen LogP) is 4.31. The number of anilines is 2. The van der Waals surface area contributed by atoms with Crippen LogP contribution in [-0.4, -0.2) is 25.6 Å². The molecule has 0 bridgehead atoms. The molecule has 3 aromatic rings. The Morgan fingerprint density at radius 1 is 0.833 bits per heavy atom. The molecule has 4 rings (SSSR count). The average Bonchev–Trinajstić information content (AvgIpc) is 2.76. The molecule has 3 aromatic carbocycles. The summed E-state index contributed by atoms with van der Waals surface area (Å²) >= 11 is 0. The molecular weight excluding hydrogens is 400 g/mol. The Balaban J connectivity index is 1.97. The van der Waals surface area contributed by atoms with Crippen molar-refractivity contribution in [3.8, 4) is 11.1 Å². The Morgan fingerprint density at radius 2 is 1.40 bits per heavy atom. The summed E-state index contributed by atoms with van der Waals surface area (Å²) in [6.45, 7) is 3.52. The third-order valence-electron chi connectivity index (χ3n) is 5.20. The first-order valence-electron chi connectivity index (χ1n) is 9.65. The molecule has 0 unspecified atom stereocenters. The van der Waals surface area contributed by atoms with Crippen LogP contribution in [0.4, 0.5) is 11.4 Å². The summed E-state index contributed by atoms with van der Waals surface area (Å²) < 4.78 is 29.1. The van der Waals surface area contributed by atoms with Crippen molar-refractivity contribution < 1.29 is 18.4 Å². The fourth-order valence-electron chi connectivity index (χ4n) is 3.81. The summed E-state index contributed by atoms with van der Waals surface area (Å²) in [6.07, 6.45) is 0. The number of sulfonamides is 1. The van der Waals surface area contributed by atoms with Crippen molar-refractivity contribution in [2.75, 3.05) is 9.37 Å². The van der Waals surface area contributed by atoms with Crippen LogP contribution in [0.5, 0.6) is 0 Å². The van der Waals surface area contributed by atoms with Crippen molar-refractivity contribution in [2.24, 2.45) is 5.92 Å². The third-order valence-corrected chi connectivity index (χ3v) is 7.06. The monoisotopic (exact) mass is 422 g/mol. The summed E-state index contributed by atoms with van der Waals surface area (Å²) in [5.74, 6) is -1.04. The number of carbonyl (C=O) groups excluding carboxylic acids is 1. The second-order valence-electron chi connectivity index (χ2n) is 7.49. The highest BCUT2D eigenvalue weighted by Crippen LogP contribution is 2.42. The molecule has 1 aliphatic heterocycles. The van der Waals surface area contributed by atoms with Crippen LogP contribution in [0.15, 0.2) is 83.8 Å². The zero-order valence-electron chi connectivity index (χ0n) is 16.6. The van der Waals surface area contributed by atoms with Crippen LogP contribution in [0.1, 0.15) is 13.8 Å². The van der Waals surface area contributed by atoms with Crippen molar-refractivity contribution in [3.63, 3.8) is 0 Å². The van der Waals surface area contributed by atoms with E-state index in [-0.39, 0.29) is 22.2 Å². The number of nitrogens with zero attached hydrogens (tertiary/aromatic N) is 2. The van der Waals surface area contributed by atoms with Gasteiger partial charge in [0.2, 0.25) is 0 Å². The molecule has 30 heavy (non-hydrogen) atoms. The van der Waals surface area contributed by atoms with Gasteiger partial charge in [-0.1, -0.05) is 74.5 Å². The molecule has 1 N–H and O–H groups in total. The molecule has 0 saturated heterocycles. The number of fused-ring (bicyclic) bond motifs is 1. The van der Waals surface area contributed by atoms with Crippen LogP contribution in [0.2, 0.25) is 0 Å². The highest BCUT2D eigenvalue weighted by atomic mass is 32.2. The van der Waals surface area contributed by atoms with Gasteiger partial charge in [0, 0.05) is 5.56 Å². The fraction of sp³-hybridized carbons (Fsp3) is 0.174. The zero-order valence-corrected chi connectivity index (χ0v) is 17.5. The van der Waals surface area contributed by atoms with Crippen molar-refractivity contribution in [1.29, 1.82) is 0 Å². The van der Waals surface area contributed by atoms with Crippen molar-refractivity contribution in [3.05, 3.63) is 78.9 Å². The Labute approximate surface area is 176 Å². The van der Waals surface area contributed by atoms with Crippen LogP contribution >= 0.6 is 0 Å². The van der Waals surface area contributed by atoms with Gasteiger partial charge < -0.3 is 0 Å². The number of carbonyl (C=O) groups is 1. The van der Waals surface area contributed by atoms with Gasteiger partial charge in [0.15, 0.2) is 0 Å². The normalized spacial score (nSPS) is 16.7. The molecule has 1 heterocycles. The van der Waals surface area contributed by atoms with Crippen LogP contribution in [0.3, 0.4) is 0 Å². The molecule has 1 amide bonds. The minimum absolute atomic E-state index is 0.107. The van der Waals surface area contributed by atoms with Crippen molar-refractivity contribution >= 4 is 27.3 Å². The summed E-state index contributed by atoms with van der Waals surface area (Å²) in [5, 5.41) is 10.9. The van der Waals surface area contributed by atoms with E-state index in [0.29, 0.717) is 10.6 Å². The maximum atomic E-state index is 14.0. The van der Waals surface area contributed by atoms with E-state index in [1.165, 1.54) is 6.07 Å². The van der Waals surface area contributed by atoms with Crippen LogP contribution in [0, 0.1) is 5.92 Å². The Kier molecular flexibility index (Phi) is 5.09. The largest absolute Gasteiger partial charge is 0.281 e.